The van der Waals surface area contributed by atoms with Crippen molar-refractivity contribution in [3.63, 3.8) is 0 Å². The highest BCUT2D eigenvalue weighted by Gasteiger charge is 2.07. The summed E-state index contributed by atoms with van der Waals surface area (Å²) in [5.41, 5.74) is 0. The lowest BCUT2D eigenvalue weighted by Gasteiger charge is -1.96. The predicted molar refractivity (Wildman–Crippen MR) is 24.3 cm³/mol. The summed E-state index contributed by atoms with van der Waals surface area (Å²) in [6, 6.07) is 0. The third-order valence-electron chi connectivity index (χ3n) is 0.816. The molecule has 0 N–H and O–H groups in total. The Morgan fingerprint density at radius 1 is 1.83 bits per heavy atom. The first-order valence-electron chi connectivity index (χ1n) is 2.05. The standard InChI is InChI=1S/C3H7BNO/c1-5-2-3-6-4-5/h2-3H2,1H3. The van der Waals surface area contributed by atoms with Crippen LogP contribution in [-0.4, -0.2) is 32.6 Å². The molecule has 1 rings (SSSR count). The fourth-order valence-corrected chi connectivity index (χ4v) is 0.429. The van der Waals surface area contributed by atoms with Gasteiger partial charge in [0, 0.05) is 13.2 Å². The van der Waals surface area contributed by atoms with Crippen LogP contribution in [-0.2, 0) is 4.65 Å². The fourth-order valence-electron chi connectivity index (χ4n) is 0.429. The largest absolute Gasteiger partial charge is 0.423 e. The van der Waals surface area contributed by atoms with Gasteiger partial charge in [0.25, 0.3) is 0 Å². The summed E-state index contributed by atoms with van der Waals surface area (Å²) >= 11 is 0. The van der Waals surface area contributed by atoms with Gasteiger partial charge in [-0.05, 0) is 7.05 Å². The second-order valence-electron chi connectivity index (χ2n) is 1.46. The molecular weight excluding hydrogens is 76.9 g/mol. The van der Waals surface area contributed by atoms with Gasteiger partial charge in [0.1, 0.15) is 0 Å². The van der Waals surface area contributed by atoms with Gasteiger partial charge in [0.15, 0.2) is 0 Å². The van der Waals surface area contributed by atoms with E-state index >= 15 is 0 Å². The molecule has 33 valence electrons. The average molecular weight is 83.9 g/mol. The summed E-state index contributed by atoms with van der Waals surface area (Å²) in [5, 5.41) is 0. The molecule has 0 bridgehead atoms. The van der Waals surface area contributed by atoms with E-state index < -0.39 is 0 Å². The maximum absolute atomic E-state index is 4.86. The van der Waals surface area contributed by atoms with Gasteiger partial charge in [-0.1, -0.05) is 0 Å². The third-order valence-corrected chi connectivity index (χ3v) is 0.816. The van der Waals surface area contributed by atoms with Crippen molar-refractivity contribution in [2.45, 2.75) is 0 Å². The van der Waals surface area contributed by atoms with Crippen molar-refractivity contribution in [1.82, 2.24) is 4.81 Å². The van der Waals surface area contributed by atoms with Gasteiger partial charge >= 0.3 is 7.62 Å². The zero-order chi connectivity index (χ0) is 4.41. The molecule has 0 atom stereocenters. The molecule has 0 aromatic rings. The van der Waals surface area contributed by atoms with Gasteiger partial charge in [0.2, 0.25) is 0 Å². The van der Waals surface area contributed by atoms with Crippen LogP contribution < -0.4 is 0 Å². The van der Waals surface area contributed by atoms with E-state index in [9.17, 15) is 0 Å². The van der Waals surface area contributed by atoms with Crippen molar-refractivity contribution in [3.05, 3.63) is 0 Å². The maximum Gasteiger partial charge on any atom is 0.398 e. The Morgan fingerprint density at radius 3 is 2.83 bits per heavy atom. The molecule has 0 aromatic carbocycles. The van der Waals surface area contributed by atoms with Gasteiger partial charge in [-0.25, -0.2) is 0 Å². The van der Waals surface area contributed by atoms with Crippen LogP contribution in [0.5, 0.6) is 0 Å². The van der Waals surface area contributed by atoms with E-state index in [-0.39, 0.29) is 0 Å². The quantitative estimate of drug-likeness (QED) is 0.366. The van der Waals surface area contributed by atoms with Crippen LogP contribution >= 0.6 is 0 Å². The van der Waals surface area contributed by atoms with Crippen LogP contribution in [0.3, 0.4) is 0 Å². The summed E-state index contributed by atoms with van der Waals surface area (Å²) in [4.78, 5) is 2.01. The van der Waals surface area contributed by atoms with E-state index in [1.54, 1.807) is 7.62 Å². The Balaban J connectivity index is 2.18. The van der Waals surface area contributed by atoms with Crippen molar-refractivity contribution >= 4 is 7.62 Å². The Hall–Kier alpha value is -0.0151. The Labute approximate surface area is 38.4 Å². The molecule has 1 aliphatic heterocycles. The number of likely N-dealkylation sites (N-methyl/N-ethyl adjacent to an activating group) is 1. The van der Waals surface area contributed by atoms with Crippen LogP contribution in [0.2, 0.25) is 0 Å². The minimum Gasteiger partial charge on any atom is -0.423 e. The first-order chi connectivity index (χ1) is 2.89. The van der Waals surface area contributed by atoms with E-state index in [1.807, 2.05) is 11.9 Å². The zero-order valence-electron chi connectivity index (χ0n) is 3.85. The normalized spacial score (nSPS) is 24.2. The molecule has 1 heterocycles. The number of nitrogens with zero attached hydrogens (tertiary/aromatic N) is 1. The minimum atomic E-state index is 0.858. The second kappa shape index (κ2) is 1.62. The van der Waals surface area contributed by atoms with Gasteiger partial charge in [0.05, 0.1) is 0 Å². The van der Waals surface area contributed by atoms with Crippen LogP contribution in [0, 0.1) is 0 Å². The highest BCUT2D eigenvalue weighted by molar-refractivity contribution is 6.24. The van der Waals surface area contributed by atoms with Crippen LogP contribution in [0.25, 0.3) is 0 Å². The molecule has 0 saturated carbocycles. The minimum absolute atomic E-state index is 0.858. The molecule has 1 aliphatic rings. The fraction of sp³-hybridized carbons (Fsp3) is 1.00. The Bertz CT molecular complexity index is 44.1. The molecule has 1 saturated heterocycles. The van der Waals surface area contributed by atoms with Crippen molar-refractivity contribution in [3.8, 4) is 0 Å². The van der Waals surface area contributed by atoms with Crippen molar-refractivity contribution < 1.29 is 4.65 Å². The van der Waals surface area contributed by atoms with Gasteiger partial charge < -0.3 is 9.47 Å². The Kier molecular flexibility index (Phi) is 1.12. The van der Waals surface area contributed by atoms with Crippen LogP contribution in [0.1, 0.15) is 0 Å². The topological polar surface area (TPSA) is 12.5 Å². The van der Waals surface area contributed by atoms with Crippen molar-refractivity contribution in [2.75, 3.05) is 20.2 Å². The Morgan fingerprint density at radius 2 is 2.67 bits per heavy atom. The number of hydrogen-bond acceptors (Lipinski definition) is 2. The molecule has 2 nitrogen and oxygen atoms in total. The van der Waals surface area contributed by atoms with Crippen molar-refractivity contribution in [1.29, 1.82) is 0 Å². The van der Waals surface area contributed by atoms with E-state index in [2.05, 4.69) is 0 Å². The highest BCUT2D eigenvalue weighted by atomic mass is 16.4. The van der Waals surface area contributed by atoms with Crippen molar-refractivity contribution in [2.24, 2.45) is 0 Å². The number of rotatable bonds is 0. The first kappa shape index (κ1) is 4.15. The average Bonchev–Trinajstić information content (AvgIpc) is 1.86. The summed E-state index contributed by atoms with van der Waals surface area (Å²) < 4.78 is 4.86. The predicted octanol–water partition coefficient (Wildman–Crippen LogP) is -0.517. The maximum atomic E-state index is 4.86. The second-order valence-corrected chi connectivity index (χ2v) is 1.46. The van der Waals surface area contributed by atoms with E-state index in [0.717, 1.165) is 13.2 Å². The summed E-state index contributed by atoms with van der Waals surface area (Å²) in [6.45, 7) is 1.90. The van der Waals surface area contributed by atoms with E-state index in [1.165, 1.54) is 0 Å². The summed E-state index contributed by atoms with van der Waals surface area (Å²) in [6.07, 6.45) is 0. The zero-order valence-corrected chi connectivity index (χ0v) is 3.85. The molecule has 0 unspecified atom stereocenters. The SMILES string of the molecule is CN1[B]OCC1. The molecule has 3 heteroatoms. The van der Waals surface area contributed by atoms with Gasteiger partial charge in [-0.3, -0.25) is 0 Å². The lowest BCUT2D eigenvalue weighted by atomic mass is 10.3. The molecule has 6 heavy (non-hydrogen) atoms. The smallest absolute Gasteiger partial charge is 0.398 e. The molecule has 0 aliphatic carbocycles. The first-order valence-corrected chi connectivity index (χ1v) is 2.05. The van der Waals surface area contributed by atoms with Crippen LogP contribution in [0.4, 0.5) is 0 Å². The van der Waals surface area contributed by atoms with Crippen LogP contribution in [0.15, 0.2) is 0 Å². The monoisotopic (exact) mass is 84.1 g/mol. The molecule has 0 spiro atoms. The molecule has 1 radical (unpaired) electrons. The molecule has 0 aromatic heterocycles. The van der Waals surface area contributed by atoms with E-state index in [0.29, 0.717) is 0 Å². The summed E-state index contributed by atoms with van der Waals surface area (Å²) in [7, 11) is 3.73. The highest BCUT2D eigenvalue weighted by Crippen LogP contribution is 1.88. The van der Waals surface area contributed by atoms with Gasteiger partial charge in [-0.2, -0.15) is 0 Å². The van der Waals surface area contributed by atoms with E-state index in [4.69, 9.17) is 4.65 Å². The summed E-state index contributed by atoms with van der Waals surface area (Å²) in [5.74, 6) is 0. The lowest BCUT2D eigenvalue weighted by molar-refractivity contribution is 0.383. The third kappa shape index (κ3) is 0.728. The molecule has 1 fully saturated rings. The number of hydrogen-bond donors (Lipinski definition) is 0. The van der Waals surface area contributed by atoms with Gasteiger partial charge in [-0.15, -0.1) is 0 Å². The lowest BCUT2D eigenvalue weighted by Crippen LogP contribution is -2.15. The molecule has 0 amide bonds. The molecular formula is C3H7BNO.